The third kappa shape index (κ3) is 4.84. The van der Waals surface area contributed by atoms with Crippen LogP contribution >= 0.6 is 11.6 Å². The van der Waals surface area contributed by atoms with Crippen molar-refractivity contribution >= 4 is 23.3 Å². The number of piperidine rings is 1. The average Bonchev–Trinajstić information content (AvgIpc) is 2.81. The van der Waals surface area contributed by atoms with Gasteiger partial charge in [-0.25, -0.2) is 0 Å². The molecule has 4 rings (SSSR count). The lowest BCUT2D eigenvalue weighted by molar-refractivity contribution is -0.137. The second-order valence-electron chi connectivity index (χ2n) is 7.91. The molecule has 2 saturated heterocycles. The van der Waals surface area contributed by atoms with Crippen molar-refractivity contribution in [3.05, 3.63) is 47.0 Å². The summed E-state index contributed by atoms with van der Waals surface area (Å²) in [4.78, 5) is 19.7. The number of hydrogen-bond acceptors (Lipinski definition) is 6. The fourth-order valence-corrected chi connectivity index (χ4v) is 4.42. The molecule has 0 saturated carbocycles. The third-order valence-electron chi connectivity index (χ3n) is 5.97. The molecule has 2 aliphatic heterocycles. The van der Waals surface area contributed by atoms with E-state index < -0.39 is 0 Å². The molecule has 160 valence electrons. The molecule has 0 radical (unpaired) electrons. The summed E-state index contributed by atoms with van der Waals surface area (Å²) in [5, 5.41) is 9.11. The minimum atomic E-state index is 0.0118. The van der Waals surface area contributed by atoms with Crippen molar-refractivity contribution in [2.75, 3.05) is 51.3 Å². The smallest absolute Gasteiger partial charge is 0.233 e. The number of halogens is 1. The van der Waals surface area contributed by atoms with Crippen molar-refractivity contribution in [1.82, 2.24) is 20.0 Å². The molecule has 0 bridgehead atoms. The van der Waals surface area contributed by atoms with Crippen LogP contribution in [0.4, 0.5) is 5.82 Å². The maximum Gasteiger partial charge on any atom is 0.233 e. The molecule has 2 aliphatic rings. The lowest BCUT2D eigenvalue weighted by Crippen LogP contribution is -2.52. The van der Waals surface area contributed by atoms with Gasteiger partial charge in [-0.15, -0.1) is 10.2 Å². The van der Waals surface area contributed by atoms with Gasteiger partial charge in [0, 0.05) is 56.9 Å². The molecule has 2 fully saturated rings. The summed E-state index contributed by atoms with van der Waals surface area (Å²) in [6.07, 6.45) is 1.91. The van der Waals surface area contributed by atoms with Gasteiger partial charge in [-0.2, -0.15) is 0 Å². The van der Waals surface area contributed by atoms with Crippen molar-refractivity contribution in [3.63, 3.8) is 0 Å². The van der Waals surface area contributed by atoms with Crippen LogP contribution in [0.15, 0.2) is 36.4 Å². The molecule has 3 heterocycles. The summed E-state index contributed by atoms with van der Waals surface area (Å²) >= 11 is 6.29. The van der Waals surface area contributed by atoms with Crippen molar-refractivity contribution in [3.8, 4) is 5.88 Å². The van der Waals surface area contributed by atoms with Crippen LogP contribution in [0, 0.1) is 5.92 Å². The molecule has 1 atom stereocenters. The minimum Gasteiger partial charge on any atom is -0.480 e. The number of carbonyl (C=O) groups excluding carboxylic acids is 1. The summed E-state index contributed by atoms with van der Waals surface area (Å²) in [6.45, 7) is 5.70. The number of benzene rings is 1. The van der Waals surface area contributed by atoms with E-state index in [0.717, 1.165) is 68.5 Å². The van der Waals surface area contributed by atoms with E-state index in [0.29, 0.717) is 12.4 Å². The highest BCUT2D eigenvalue weighted by atomic mass is 35.5. The zero-order chi connectivity index (χ0) is 20.9. The highest BCUT2D eigenvalue weighted by Gasteiger charge is 2.31. The normalized spacial score (nSPS) is 20.3. The zero-order valence-corrected chi connectivity index (χ0v) is 18.1. The van der Waals surface area contributed by atoms with Gasteiger partial charge in [-0.1, -0.05) is 29.8 Å². The number of rotatable bonds is 5. The lowest BCUT2D eigenvalue weighted by atomic mass is 9.96. The molecule has 0 aliphatic carbocycles. The summed E-state index contributed by atoms with van der Waals surface area (Å²) < 4.78 is 5.08. The first-order chi connectivity index (χ1) is 14.6. The molecule has 30 heavy (non-hydrogen) atoms. The zero-order valence-electron chi connectivity index (χ0n) is 17.3. The highest BCUT2D eigenvalue weighted by molar-refractivity contribution is 6.31. The fourth-order valence-electron chi connectivity index (χ4n) is 4.23. The Bertz CT molecular complexity index is 855. The Balaban J connectivity index is 1.30. The number of aromatic nitrogens is 2. The summed E-state index contributed by atoms with van der Waals surface area (Å²) in [6, 6.07) is 11.7. The maximum absolute atomic E-state index is 13.2. The van der Waals surface area contributed by atoms with E-state index >= 15 is 0 Å². The molecule has 8 heteroatoms. The Morgan fingerprint density at radius 1 is 1.10 bits per heavy atom. The van der Waals surface area contributed by atoms with Gasteiger partial charge in [-0.3, -0.25) is 9.69 Å². The molecule has 2 aromatic rings. The molecule has 0 N–H and O–H groups in total. The van der Waals surface area contributed by atoms with Crippen LogP contribution in [0.25, 0.3) is 0 Å². The minimum absolute atomic E-state index is 0.0118. The first-order valence-corrected chi connectivity index (χ1v) is 10.9. The average molecular weight is 430 g/mol. The number of carbonyl (C=O) groups is 1. The van der Waals surface area contributed by atoms with Crippen LogP contribution in [0.5, 0.6) is 5.88 Å². The number of amides is 1. The predicted octanol–water partition coefficient (Wildman–Crippen LogP) is 2.70. The first kappa shape index (κ1) is 20.9. The summed E-state index contributed by atoms with van der Waals surface area (Å²) in [5.74, 6) is 1.58. The molecule has 0 unspecified atom stereocenters. The van der Waals surface area contributed by atoms with Gasteiger partial charge in [0.15, 0.2) is 5.82 Å². The number of hydrogen-bond donors (Lipinski definition) is 0. The van der Waals surface area contributed by atoms with E-state index in [1.54, 1.807) is 7.11 Å². The van der Waals surface area contributed by atoms with Crippen LogP contribution in [-0.4, -0.2) is 72.3 Å². The lowest BCUT2D eigenvalue weighted by Gasteiger charge is -2.39. The fraction of sp³-hybridized carbons (Fsp3) is 0.500. The van der Waals surface area contributed by atoms with Gasteiger partial charge >= 0.3 is 0 Å². The number of nitrogens with zero attached hydrogens (tertiary/aromatic N) is 5. The van der Waals surface area contributed by atoms with Gasteiger partial charge in [0.1, 0.15) is 0 Å². The SMILES string of the molecule is COc1ccc(N2CCC[C@@H](C(=O)N3CCN(Cc4ccccc4Cl)CC3)C2)nn1. The van der Waals surface area contributed by atoms with E-state index in [4.69, 9.17) is 16.3 Å². The van der Waals surface area contributed by atoms with Gasteiger partial charge in [0.2, 0.25) is 11.8 Å². The van der Waals surface area contributed by atoms with E-state index in [-0.39, 0.29) is 11.8 Å². The second kappa shape index (κ2) is 9.62. The Morgan fingerprint density at radius 3 is 2.60 bits per heavy atom. The van der Waals surface area contributed by atoms with Gasteiger partial charge < -0.3 is 14.5 Å². The Labute approximate surface area is 182 Å². The largest absolute Gasteiger partial charge is 0.480 e. The van der Waals surface area contributed by atoms with Crippen LogP contribution in [0.3, 0.4) is 0 Å². The molecule has 0 spiro atoms. The van der Waals surface area contributed by atoms with E-state index in [2.05, 4.69) is 26.1 Å². The van der Waals surface area contributed by atoms with Crippen LogP contribution in [0.2, 0.25) is 5.02 Å². The maximum atomic E-state index is 13.2. The van der Waals surface area contributed by atoms with E-state index in [1.807, 2.05) is 35.2 Å². The Hall–Kier alpha value is -2.38. The number of methoxy groups -OCH3 is 1. The second-order valence-corrected chi connectivity index (χ2v) is 8.32. The standard InChI is InChI=1S/C22H28ClN5O2/c1-30-21-9-8-20(24-25-21)28-10-4-6-18(16-28)22(29)27-13-11-26(12-14-27)15-17-5-2-3-7-19(17)23/h2-3,5,7-9,18H,4,6,10-16H2,1H3/t18-/m1/s1. The van der Waals surface area contributed by atoms with Crippen LogP contribution in [-0.2, 0) is 11.3 Å². The van der Waals surface area contributed by atoms with Gasteiger partial charge in [0.05, 0.1) is 13.0 Å². The number of anilines is 1. The monoisotopic (exact) mass is 429 g/mol. The van der Waals surface area contributed by atoms with Gasteiger partial charge in [-0.05, 0) is 30.5 Å². The molecule has 1 amide bonds. The molecular weight excluding hydrogens is 402 g/mol. The Kier molecular flexibility index (Phi) is 6.69. The molecule has 1 aromatic carbocycles. The molecule has 1 aromatic heterocycles. The van der Waals surface area contributed by atoms with Crippen LogP contribution in [0.1, 0.15) is 18.4 Å². The Morgan fingerprint density at radius 2 is 1.90 bits per heavy atom. The van der Waals surface area contributed by atoms with Crippen molar-refractivity contribution in [2.24, 2.45) is 5.92 Å². The van der Waals surface area contributed by atoms with Crippen LogP contribution < -0.4 is 9.64 Å². The number of piperazine rings is 1. The molecular formula is C22H28ClN5O2. The van der Waals surface area contributed by atoms with E-state index in [1.165, 1.54) is 0 Å². The quantitative estimate of drug-likeness (QED) is 0.728. The van der Waals surface area contributed by atoms with E-state index in [9.17, 15) is 4.79 Å². The summed E-state index contributed by atoms with van der Waals surface area (Å²) in [5.41, 5.74) is 1.14. The third-order valence-corrected chi connectivity index (χ3v) is 6.33. The topological polar surface area (TPSA) is 61.8 Å². The van der Waals surface area contributed by atoms with Crippen molar-refractivity contribution < 1.29 is 9.53 Å². The van der Waals surface area contributed by atoms with Crippen molar-refractivity contribution in [1.29, 1.82) is 0 Å². The first-order valence-electron chi connectivity index (χ1n) is 10.5. The summed E-state index contributed by atoms with van der Waals surface area (Å²) in [7, 11) is 1.58. The van der Waals surface area contributed by atoms with Gasteiger partial charge in [0.25, 0.3) is 0 Å². The van der Waals surface area contributed by atoms with Crippen molar-refractivity contribution in [2.45, 2.75) is 19.4 Å². The predicted molar refractivity (Wildman–Crippen MR) is 117 cm³/mol. The number of ether oxygens (including phenoxy) is 1. The molecule has 7 nitrogen and oxygen atoms in total. The highest BCUT2D eigenvalue weighted by Crippen LogP contribution is 2.24.